The van der Waals surface area contributed by atoms with Crippen molar-refractivity contribution in [1.82, 2.24) is 0 Å². The summed E-state index contributed by atoms with van der Waals surface area (Å²) < 4.78 is 46.1. The fourth-order valence-electron chi connectivity index (χ4n) is 10.3. The molecule has 7 rings (SSSR count). The number of esters is 3. The standard InChI is InChI=1S/C56H72O11/c1-35(2)38-25-24-36(3)41-27-40(37(4)42(41)26-38)32-63-50(57)22-20-18-16-14-12-10-8-9-11-13-15-17-19-21-23-51(58)67-54-44-31-47-46(65-34-66-47)30-43(44)52(53-45(54)33-64-56(53)59)39-28-48(60-5)55(62-7)49(29-39)61-6/h24-31,35,45,52-54H,8-23,32-34H2,1-7H3/t45?,52-,53?,54+/m1/s1. The van der Waals surface area contributed by atoms with E-state index in [0.29, 0.717) is 54.1 Å². The highest BCUT2D eigenvalue weighted by Gasteiger charge is 2.54. The molecule has 1 fully saturated rings. The van der Waals surface area contributed by atoms with Gasteiger partial charge in [0.1, 0.15) is 12.7 Å². The van der Waals surface area contributed by atoms with Gasteiger partial charge in [-0.15, -0.1) is 0 Å². The summed E-state index contributed by atoms with van der Waals surface area (Å²) in [6, 6.07) is 16.4. The second-order valence-electron chi connectivity index (χ2n) is 19.0. The summed E-state index contributed by atoms with van der Waals surface area (Å²) >= 11 is 0. The highest BCUT2D eigenvalue weighted by molar-refractivity contribution is 5.80. The van der Waals surface area contributed by atoms with Crippen LogP contribution < -0.4 is 23.7 Å². The highest BCUT2D eigenvalue weighted by atomic mass is 16.7. The molecule has 2 heterocycles. The van der Waals surface area contributed by atoms with Crippen LogP contribution in [0.1, 0.15) is 173 Å². The monoisotopic (exact) mass is 921 g/mol. The van der Waals surface area contributed by atoms with E-state index in [-0.39, 0.29) is 31.3 Å². The molecule has 0 amide bonds. The van der Waals surface area contributed by atoms with Gasteiger partial charge in [0.15, 0.2) is 23.0 Å². The molecule has 2 aliphatic heterocycles. The van der Waals surface area contributed by atoms with Crippen LogP contribution in [-0.4, -0.2) is 52.6 Å². The summed E-state index contributed by atoms with van der Waals surface area (Å²) in [6.45, 7) is 9.30. The molecule has 67 heavy (non-hydrogen) atoms. The van der Waals surface area contributed by atoms with Crippen LogP contribution in [0.5, 0.6) is 28.7 Å². The van der Waals surface area contributed by atoms with Gasteiger partial charge in [-0.25, -0.2) is 0 Å². The third kappa shape index (κ3) is 11.8. The maximum Gasteiger partial charge on any atom is 0.310 e. The Kier molecular flexibility index (Phi) is 17.4. The minimum absolute atomic E-state index is 0.0873. The average Bonchev–Trinajstić information content (AvgIpc) is 4.00. The molecule has 0 radical (unpaired) electrons. The number of unbranched alkanes of at least 4 members (excludes halogenated alkanes) is 13. The normalized spacial score (nSPS) is 18.1. The summed E-state index contributed by atoms with van der Waals surface area (Å²) in [5, 5.41) is 0. The first-order valence-corrected chi connectivity index (χ1v) is 24.8. The van der Waals surface area contributed by atoms with Gasteiger partial charge >= 0.3 is 17.9 Å². The van der Waals surface area contributed by atoms with Gasteiger partial charge in [-0.2, -0.15) is 0 Å². The Bertz CT molecular complexity index is 2270. The SMILES string of the molecule is COc1cc([C@@H]2c3cc4c(cc3[C@H](OC(=O)CCCCCCCCCCCCCCCCC(=O)OCc3cc5c(C)ccc(C(C)C)cc-5c3C)C3COC(=O)C32)OCO4)cc(OC)c1OC. The number of carbonyl (C=O) groups is 3. The number of ether oxygens (including phenoxy) is 8. The van der Waals surface area contributed by atoms with Gasteiger partial charge in [-0.3, -0.25) is 14.4 Å². The van der Waals surface area contributed by atoms with E-state index in [0.717, 1.165) is 67.2 Å². The first kappa shape index (κ1) is 49.5. The Morgan fingerprint density at radius 1 is 0.657 bits per heavy atom. The fraction of sp³-hybridized carbons (Fsp3) is 0.554. The largest absolute Gasteiger partial charge is 0.493 e. The smallest absolute Gasteiger partial charge is 0.310 e. The molecule has 362 valence electrons. The van der Waals surface area contributed by atoms with Crippen molar-refractivity contribution < 1.29 is 52.3 Å². The van der Waals surface area contributed by atoms with Crippen LogP contribution in [0.2, 0.25) is 0 Å². The van der Waals surface area contributed by atoms with Crippen molar-refractivity contribution in [3.05, 3.63) is 87.5 Å². The molecule has 0 saturated carbocycles. The van der Waals surface area contributed by atoms with E-state index in [1.165, 1.54) is 72.8 Å². The lowest BCUT2D eigenvalue weighted by Gasteiger charge is -2.38. The molecule has 0 bridgehead atoms. The van der Waals surface area contributed by atoms with Crippen LogP contribution in [0.4, 0.5) is 0 Å². The van der Waals surface area contributed by atoms with E-state index in [1.807, 2.05) is 24.3 Å². The summed E-state index contributed by atoms with van der Waals surface area (Å²) in [6.07, 6.45) is 15.9. The molecule has 3 aliphatic carbocycles. The second-order valence-corrected chi connectivity index (χ2v) is 19.0. The lowest BCUT2D eigenvalue weighted by atomic mass is 9.66. The zero-order chi connectivity index (χ0) is 47.5. The van der Waals surface area contributed by atoms with E-state index in [4.69, 9.17) is 37.9 Å². The zero-order valence-corrected chi connectivity index (χ0v) is 40.9. The lowest BCUT2D eigenvalue weighted by Crippen LogP contribution is -2.36. The maximum atomic E-state index is 13.5. The number of aryl methyl sites for hydroxylation is 1. The third-order valence-corrected chi connectivity index (χ3v) is 14.2. The predicted molar refractivity (Wildman–Crippen MR) is 258 cm³/mol. The molecule has 4 atom stereocenters. The Morgan fingerprint density at radius 3 is 1.79 bits per heavy atom. The van der Waals surface area contributed by atoms with E-state index < -0.39 is 23.9 Å². The number of rotatable bonds is 25. The first-order valence-electron chi connectivity index (χ1n) is 24.8. The average molecular weight is 921 g/mol. The molecular weight excluding hydrogens is 849 g/mol. The fourth-order valence-corrected chi connectivity index (χ4v) is 10.3. The van der Waals surface area contributed by atoms with Gasteiger partial charge in [-0.1, -0.05) is 109 Å². The molecule has 0 spiro atoms. The molecule has 11 nitrogen and oxygen atoms in total. The van der Waals surface area contributed by atoms with E-state index in [1.54, 1.807) is 21.3 Å². The highest BCUT2D eigenvalue weighted by Crippen LogP contribution is 2.56. The molecule has 11 heteroatoms. The summed E-state index contributed by atoms with van der Waals surface area (Å²) in [7, 11) is 4.67. The summed E-state index contributed by atoms with van der Waals surface area (Å²) in [5.74, 6) is 0.843. The number of fused-ring (bicyclic) bond motifs is 4. The van der Waals surface area contributed by atoms with Gasteiger partial charge in [0, 0.05) is 30.2 Å². The number of benzene rings is 2. The van der Waals surface area contributed by atoms with Crippen LogP contribution in [-0.2, 0) is 35.2 Å². The predicted octanol–water partition coefficient (Wildman–Crippen LogP) is 12.8. The summed E-state index contributed by atoms with van der Waals surface area (Å²) in [5.41, 5.74) is 9.75. The molecule has 2 aromatic rings. The van der Waals surface area contributed by atoms with Crippen molar-refractivity contribution in [2.45, 2.75) is 155 Å². The van der Waals surface area contributed by atoms with Crippen molar-refractivity contribution in [2.24, 2.45) is 11.8 Å². The Balaban J connectivity index is 0.759. The topological polar surface area (TPSA) is 125 Å². The third-order valence-electron chi connectivity index (χ3n) is 14.2. The van der Waals surface area contributed by atoms with Gasteiger partial charge < -0.3 is 37.9 Å². The molecule has 5 aliphatic rings. The number of hydrogen-bond donors (Lipinski definition) is 0. The Morgan fingerprint density at radius 2 is 1.22 bits per heavy atom. The van der Waals surface area contributed by atoms with Crippen molar-refractivity contribution in [3.63, 3.8) is 0 Å². The van der Waals surface area contributed by atoms with Crippen LogP contribution in [0.15, 0.2) is 48.5 Å². The quantitative estimate of drug-likeness (QED) is 0.0358. The van der Waals surface area contributed by atoms with Crippen LogP contribution >= 0.6 is 0 Å². The molecule has 0 N–H and O–H groups in total. The number of carbonyl (C=O) groups excluding carboxylic acids is 3. The van der Waals surface area contributed by atoms with Gasteiger partial charge in [0.25, 0.3) is 0 Å². The van der Waals surface area contributed by atoms with E-state index >= 15 is 0 Å². The van der Waals surface area contributed by atoms with E-state index in [9.17, 15) is 14.4 Å². The number of hydrogen-bond acceptors (Lipinski definition) is 11. The van der Waals surface area contributed by atoms with Crippen molar-refractivity contribution in [3.8, 4) is 39.9 Å². The molecule has 0 aromatic heterocycles. The van der Waals surface area contributed by atoms with Crippen molar-refractivity contribution in [1.29, 1.82) is 0 Å². The van der Waals surface area contributed by atoms with E-state index in [2.05, 4.69) is 52.0 Å². The number of cyclic esters (lactones) is 1. The lowest BCUT2D eigenvalue weighted by molar-refractivity contribution is -0.154. The van der Waals surface area contributed by atoms with Gasteiger partial charge in [-0.05, 0) is 107 Å². The zero-order valence-electron chi connectivity index (χ0n) is 40.9. The first-order chi connectivity index (χ1) is 32.5. The number of methoxy groups -OCH3 is 3. The molecule has 2 aromatic carbocycles. The van der Waals surface area contributed by atoms with Crippen LogP contribution in [0, 0.1) is 25.7 Å². The maximum absolute atomic E-state index is 13.5. The van der Waals surface area contributed by atoms with Gasteiger partial charge in [0.2, 0.25) is 12.5 Å². The summed E-state index contributed by atoms with van der Waals surface area (Å²) in [4.78, 5) is 39.5. The Labute approximate surface area is 397 Å². The van der Waals surface area contributed by atoms with Gasteiger partial charge in [0.05, 0.1) is 33.9 Å². The van der Waals surface area contributed by atoms with Crippen molar-refractivity contribution in [2.75, 3.05) is 34.7 Å². The molecular formula is C56H72O11. The van der Waals surface area contributed by atoms with Crippen molar-refractivity contribution >= 4 is 17.9 Å². The molecule has 2 unspecified atom stereocenters. The van der Waals surface area contributed by atoms with Crippen LogP contribution in [0.25, 0.3) is 11.1 Å². The minimum atomic E-state index is -0.678. The molecule has 1 saturated heterocycles. The minimum Gasteiger partial charge on any atom is -0.493 e. The Hall–Kier alpha value is -5.45. The van der Waals surface area contributed by atoms with Crippen LogP contribution in [0.3, 0.4) is 0 Å². The second kappa shape index (κ2) is 23.5.